The second-order valence-electron chi connectivity index (χ2n) is 9.87. The maximum Gasteiger partial charge on any atom is 0.416 e. The molecule has 1 fully saturated rings. The van der Waals surface area contributed by atoms with Gasteiger partial charge in [0, 0.05) is 5.56 Å². The van der Waals surface area contributed by atoms with Gasteiger partial charge in [-0.05, 0) is 45.4 Å². The lowest BCUT2D eigenvalue weighted by molar-refractivity contribution is -0.139. The van der Waals surface area contributed by atoms with E-state index in [1.807, 2.05) is 0 Å². The number of carbonyl (C=O) groups is 3. The standard InChI is InChI=1S/C26H28BrF4N3O4/c1-15-21(27)22(35)34(14-20(16-9-6-5-7-10-16)32-23(36)38-25(2,3)4)24(37)33(15)13-17-18(26(29,30)31)11-8-12-19(17)28/h5-12,15,20-21H,13-14H2,1-4H3,(H,32,36)/t15?,20-,21?/m0/s1. The number of imide groups is 1. The van der Waals surface area contributed by atoms with E-state index < -0.39 is 70.2 Å². The van der Waals surface area contributed by atoms with Crippen LogP contribution in [0.25, 0.3) is 0 Å². The lowest BCUT2D eigenvalue weighted by atomic mass is 10.0. The van der Waals surface area contributed by atoms with Crippen molar-refractivity contribution in [3.63, 3.8) is 0 Å². The first-order chi connectivity index (χ1) is 17.6. The second-order valence-corrected chi connectivity index (χ2v) is 10.9. The quantitative estimate of drug-likeness (QED) is 0.324. The van der Waals surface area contributed by atoms with Crippen molar-refractivity contribution in [1.82, 2.24) is 15.1 Å². The van der Waals surface area contributed by atoms with Crippen LogP contribution in [0.1, 0.15) is 50.4 Å². The summed E-state index contributed by atoms with van der Waals surface area (Å²) >= 11 is 3.24. The van der Waals surface area contributed by atoms with Crippen LogP contribution in [0.3, 0.4) is 0 Å². The number of halogens is 5. The van der Waals surface area contributed by atoms with Crippen molar-refractivity contribution >= 4 is 34.0 Å². The predicted octanol–water partition coefficient (Wildman–Crippen LogP) is 6.03. The first kappa shape index (κ1) is 29.4. The number of rotatable bonds is 6. The number of alkyl carbamates (subject to hydrolysis) is 1. The number of urea groups is 1. The Labute approximate surface area is 226 Å². The second kappa shape index (κ2) is 11.3. The fraction of sp³-hybridized carbons (Fsp3) is 0.423. The van der Waals surface area contributed by atoms with Crippen LogP contribution in [-0.2, 0) is 22.3 Å². The molecule has 4 amide bonds. The Morgan fingerprint density at radius 2 is 1.71 bits per heavy atom. The number of carbonyl (C=O) groups excluding carboxylic acids is 3. The minimum Gasteiger partial charge on any atom is -0.444 e. The maximum atomic E-state index is 14.6. The Morgan fingerprint density at radius 1 is 1.08 bits per heavy atom. The predicted molar refractivity (Wildman–Crippen MR) is 135 cm³/mol. The molecule has 0 spiro atoms. The van der Waals surface area contributed by atoms with Crippen molar-refractivity contribution in [2.75, 3.05) is 6.54 Å². The van der Waals surface area contributed by atoms with Gasteiger partial charge in [-0.2, -0.15) is 13.2 Å². The average Bonchev–Trinajstić information content (AvgIpc) is 2.82. The van der Waals surface area contributed by atoms with Crippen molar-refractivity contribution in [2.24, 2.45) is 0 Å². The zero-order chi connectivity index (χ0) is 28.4. The SMILES string of the molecule is CC1C(Br)C(=O)N(C[C@H](NC(=O)OC(C)(C)C)c2ccccc2)C(=O)N1Cc1c(F)cccc1C(F)(F)F. The number of nitrogens with one attached hydrogen (secondary N) is 1. The van der Waals surface area contributed by atoms with E-state index in [1.54, 1.807) is 51.1 Å². The summed E-state index contributed by atoms with van der Waals surface area (Å²) in [6.45, 7) is 5.45. The molecular formula is C26H28BrF4N3O4. The van der Waals surface area contributed by atoms with Crippen LogP contribution in [0.4, 0.5) is 27.2 Å². The molecule has 3 atom stereocenters. The van der Waals surface area contributed by atoms with E-state index in [9.17, 15) is 31.9 Å². The molecule has 1 aliphatic rings. The number of amides is 4. The van der Waals surface area contributed by atoms with Gasteiger partial charge in [0.15, 0.2) is 0 Å². The van der Waals surface area contributed by atoms with E-state index in [4.69, 9.17) is 4.74 Å². The summed E-state index contributed by atoms with van der Waals surface area (Å²) < 4.78 is 60.7. The highest BCUT2D eigenvalue weighted by atomic mass is 79.9. The number of hydrogen-bond acceptors (Lipinski definition) is 4. The molecule has 38 heavy (non-hydrogen) atoms. The smallest absolute Gasteiger partial charge is 0.416 e. The summed E-state index contributed by atoms with van der Waals surface area (Å²) in [5, 5.41) is 2.66. The van der Waals surface area contributed by atoms with Gasteiger partial charge in [-0.3, -0.25) is 9.69 Å². The summed E-state index contributed by atoms with van der Waals surface area (Å²) in [7, 11) is 0. The number of nitrogens with zero attached hydrogens (tertiary/aromatic N) is 2. The van der Waals surface area contributed by atoms with Gasteiger partial charge in [-0.1, -0.05) is 52.3 Å². The topological polar surface area (TPSA) is 79.0 Å². The molecule has 0 saturated carbocycles. The highest BCUT2D eigenvalue weighted by Crippen LogP contribution is 2.35. The molecule has 3 rings (SSSR count). The molecule has 1 heterocycles. The summed E-state index contributed by atoms with van der Waals surface area (Å²) in [4.78, 5) is 40.1. The number of ether oxygens (including phenoxy) is 1. The molecule has 0 bridgehead atoms. The van der Waals surface area contributed by atoms with Gasteiger partial charge in [0.1, 0.15) is 16.2 Å². The van der Waals surface area contributed by atoms with Crippen LogP contribution < -0.4 is 5.32 Å². The molecule has 2 unspecified atom stereocenters. The first-order valence-corrected chi connectivity index (χ1v) is 12.7. The van der Waals surface area contributed by atoms with Crippen LogP contribution in [0, 0.1) is 5.82 Å². The third-order valence-corrected chi connectivity index (χ3v) is 7.06. The van der Waals surface area contributed by atoms with Crippen molar-refractivity contribution in [3.8, 4) is 0 Å². The Balaban J connectivity index is 1.94. The van der Waals surface area contributed by atoms with E-state index in [2.05, 4.69) is 21.2 Å². The zero-order valence-corrected chi connectivity index (χ0v) is 22.8. The van der Waals surface area contributed by atoms with E-state index in [0.29, 0.717) is 5.56 Å². The Bertz CT molecular complexity index is 1190. The van der Waals surface area contributed by atoms with Crippen LogP contribution >= 0.6 is 15.9 Å². The molecular weight excluding hydrogens is 574 g/mol. The molecule has 7 nitrogen and oxygen atoms in total. The summed E-state index contributed by atoms with van der Waals surface area (Å²) in [6.07, 6.45) is -5.64. The molecule has 206 valence electrons. The summed E-state index contributed by atoms with van der Waals surface area (Å²) in [6, 6.07) is 8.39. The lowest BCUT2D eigenvalue weighted by Gasteiger charge is -2.42. The molecule has 1 saturated heterocycles. The Kier molecular flexibility index (Phi) is 8.75. The molecule has 0 aliphatic carbocycles. The normalized spacial score (nSPS) is 19.4. The van der Waals surface area contributed by atoms with Gasteiger partial charge in [0.25, 0.3) is 0 Å². The lowest BCUT2D eigenvalue weighted by Crippen LogP contribution is -2.62. The molecule has 1 aliphatic heterocycles. The van der Waals surface area contributed by atoms with Gasteiger partial charge in [0.05, 0.1) is 30.7 Å². The third-order valence-electron chi connectivity index (χ3n) is 5.90. The average molecular weight is 602 g/mol. The Morgan fingerprint density at radius 3 is 2.29 bits per heavy atom. The van der Waals surface area contributed by atoms with Crippen molar-refractivity contribution in [2.45, 2.75) is 62.9 Å². The van der Waals surface area contributed by atoms with Gasteiger partial charge in [0.2, 0.25) is 5.91 Å². The fourth-order valence-corrected chi connectivity index (χ4v) is 4.56. The third kappa shape index (κ3) is 6.83. The van der Waals surface area contributed by atoms with E-state index >= 15 is 0 Å². The van der Waals surface area contributed by atoms with Crippen LogP contribution in [0.2, 0.25) is 0 Å². The molecule has 1 N–H and O–H groups in total. The molecule has 2 aromatic carbocycles. The van der Waals surface area contributed by atoms with Gasteiger partial charge in [-0.25, -0.2) is 14.0 Å². The maximum absolute atomic E-state index is 14.6. The first-order valence-electron chi connectivity index (χ1n) is 11.7. The van der Waals surface area contributed by atoms with Crippen LogP contribution in [-0.4, -0.2) is 50.8 Å². The van der Waals surface area contributed by atoms with Crippen molar-refractivity contribution in [3.05, 3.63) is 71.0 Å². The largest absolute Gasteiger partial charge is 0.444 e. The number of hydrogen-bond donors (Lipinski definition) is 1. The van der Waals surface area contributed by atoms with Gasteiger partial charge < -0.3 is 15.0 Å². The molecule has 12 heteroatoms. The highest BCUT2D eigenvalue weighted by molar-refractivity contribution is 9.10. The fourth-order valence-electron chi connectivity index (χ4n) is 4.02. The molecule has 0 radical (unpaired) electrons. The Hall–Kier alpha value is -3.15. The van der Waals surface area contributed by atoms with Gasteiger partial charge >= 0.3 is 18.3 Å². The van der Waals surface area contributed by atoms with Gasteiger partial charge in [-0.15, -0.1) is 0 Å². The van der Waals surface area contributed by atoms with E-state index in [-0.39, 0.29) is 6.54 Å². The van der Waals surface area contributed by atoms with Crippen molar-refractivity contribution in [1.29, 1.82) is 0 Å². The number of benzene rings is 2. The highest BCUT2D eigenvalue weighted by Gasteiger charge is 2.45. The minimum atomic E-state index is -4.85. The molecule has 2 aromatic rings. The minimum absolute atomic E-state index is 0.338. The summed E-state index contributed by atoms with van der Waals surface area (Å²) in [5.74, 6) is -1.77. The summed E-state index contributed by atoms with van der Waals surface area (Å²) in [5.41, 5.74) is -2.17. The van der Waals surface area contributed by atoms with Crippen molar-refractivity contribution < 1.29 is 36.7 Å². The van der Waals surface area contributed by atoms with E-state index in [0.717, 1.165) is 28.0 Å². The molecule has 0 aromatic heterocycles. The zero-order valence-electron chi connectivity index (χ0n) is 21.2. The van der Waals surface area contributed by atoms with E-state index in [1.165, 1.54) is 6.92 Å². The monoisotopic (exact) mass is 601 g/mol. The van der Waals surface area contributed by atoms with Crippen LogP contribution in [0.15, 0.2) is 48.5 Å². The number of alkyl halides is 4. The van der Waals surface area contributed by atoms with Crippen LogP contribution in [0.5, 0.6) is 0 Å².